The van der Waals surface area contributed by atoms with Crippen molar-refractivity contribution in [3.05, 3.63) is 34.5 Å². The van der Waals surface area contributed by atoms with E-state index in [1.54, 1.807) is 6.92 Å². The van der Waals surface area contributed by atoms with Gasteiger partial charge in [0.2, 0.25) is 11.7 Å². The van der Waals surface area contributed by atoms with Crippen LogP contribution in [-0.4, -0.2) is 56.0 Å². The normalized spacial score (nSPS) is 12.2. The summed E-state index contributed by atoms with van der Waals surface area (Å²) in [5.41, 5.74) is 0.485. The molecule has 9 nitrogen and oxygen atoms in total. The van der Waals surface area contributed by atoms with Crippen molar-refractivity contribution >= 4 is 25.5 Å². The number of benzene rings is 1. The maximum absolute atomic E-state index is 12.9. The Morgan fingerprint density at radius 2 is 1.78 bits per heavy atom. The molecule has 0 unspecified atom stereocenters. The van der Waals surface area contributed by atoms with Gasteiger partial charge in [-0.1, -0.05) is 0 Å². The standard InChI is InChI=1S/C16H20N2O7S2/c1-9-11(14(19)13-10(2)17-18(3)16(13)20)6-7-12(27(5,23)24)15(9)25-8-26(4,21)22/h6-7,20H,8H2,1-5H3. The molecular formula is C16H20N2O7S2. The van der Waals surface area contributed by atoms with Gasteiger partial charge in [-0.05, 0) is 26.0 Å². The SMILES string of the molecule is Cc1nn(C)c(O)c1C(=O)c1ccc(S(C)(=O)=O)c(OCS(C)(=O)=O)c1C. The topological polar surface area (TPSA) is 133 Å². The molecule has 0 aliphatic rings. The van der Waals surface area contributed by atoms with Crippen molar-refractivity contribution in [1.29, 1.82) is 0 Å². The number of hydrogen-bond acceptors (Lipinski definition) is 8. The monoisotopic (exact) mass is 416 g/mol. The highest BCUT2D eigenvalue weighted by molar-refractivity contribution is 7.91. The van der Waals surface area contributed by atoms with E-state index in [0.29, 0.717) is 5.69 Å². The van der Waals surface area contributed by atoms with Gasteiger partial charge in [-0.15, -0.1) is 0 Å². The van der Waals surface area contributed by atoms with Crippen molar-refractivity contribution in [2.75, 3.05) is 18.5 Å². The molecular weight excluding hydrogens is 396 g/mol. The molecule has 1 heterocycles. The molecule has 0 radical (unpaired) electrons. The molecule has 2 rings (SSSR count). The molecule has 1 N–H and O–H groups in total. The van der Waals surface area contributed by atoms with Crippen LogP contribution in [0.1, 0.15) is 27.2 Å². The second-order valence-corrected chi connectivity index (χ2v) is 10.3. The van der Waals surface area contributed by atoms with E-state index in [1.807, 2.05) is 0 Å². The van der Waals surface area contributed by atoms with E-state index in [2.05, 4.69) is 5.10 Å². The molecule has 1 aromatic carbocycles. The summed E-state index contributed by atoms with van der Waals surface area (Å²) in [5.74, 6) is -1.87. The molecule has 0 aliphatic heterocycles. The van der Waals surface area contributed by atoms with Gasteiger partial charge in [0.1, 0.15) is 16.2 Å². The molecule has 0 atom stereocenters. The van der Waals surface area contributed by atoms with Crippen LogP contribution in [0.25, 0.3) is 0 Å². The van der Waals surface area contributed by atoms with Crippen LogP contribution in [0, 0.1) is 13.8 Å². The highest BCUT2D eigenvalue weighted by Crippen LogP contribution is 2.33. The second-order valence-electron chi connectivity index (χ2n) is 6.26. The first-order valence-electron chi connectivity index (χ1n) is 7.65. The fraction of sp³-hybridized carbons (Fsp3) is 0.375. The summed E-state index contributed by atoms with van der Waals surface area (Å²) in [6.45, 7) is 3.00. The predicted octanol–water partition coefficient (Wildman–Crippen LogP) is 0.758. The van der Waals surface area contributed by atoms with Crippen LogP contribution < -0.4 is 4.74 Å². The van der Waals surface area contributed by atoms with Crippen molar-refractivity contribution in [2.24, 2.45) is 7.05 Å². The summed E-state index contributed by atoms with van der Waals surface area (Å²) in [5, 5.41) is 14.1. The van der Waals surface area contributed by atoms with Gasteiger partial charge in [-0.2, -0.15) is 5.10 Å². The van der Waals surface area contributed by atoms with Crippen LogP contribution in [0.3, 0.4) is 0 Å². The van der Waals surface area contributed by atoms with E-state index in [-0.39, 0.29) is 33.2 Å². The molecule has 0 saturated heterocycles. The van der Waals surface area contributed by atoms with E-state index < -0.39 is 31.4 Å². The molecule has 27 heavy (non-hydrogen) atoms. The number of rotatable bonds is 6. The lowest BCUT2D eigenvalue weighted by atomic mass is 9.98. The number of ether oxygens (including phenoxy) is 1. The molecule has 11 heteroatoms. The van der Waals surface area contributed by atoms with Crippen LogP contribution >= 0.6 is 0 Å². The van der Waals surface area contributed by atoms with Gasteiger partial charge in [0, 0.05) is 30.7 Å². The van der Waals surface area contributed by atoms with Crippen molar-refractivity contribution in [2.45, 2.75) is 18.7 Å². The van der Waals surface area contributed by atoms with Crippen molar-refractivity contribution < 1.29 is 31.5 Å². The van der Waals surface area contributed by atoms with Gasteiger partial charge in [0.05, 0.1) is 5.69 Å². The van der Waals surface area contributed by atoms with E-state index in [0.717, 1.165) is 17.2 Å². The van der Waals surface area contributed by atoms with Crippen LogP contribution in [0.4, 0.5) is 0 Å². The van der Waals surface area contributed by atoms with Gasteiger partial charge >= 0.3 is 0 Å². The third-order valence-electron chi connectivity index (χ3n) is 3.85. The number of aromatic hydroxyl groups is 1. The van der Waals surface area contributed by atoms with Gasteiger partial charge in [-0.3, -0.25) is 4.79 Å². The fourth-order valence-corrected chi connectivity index (χ4v) is 3.79. The average molecular weight is 416 g/mol. The smallest absolute Gasteiger partial charge is 0.220 e. The van der Waals surface area contributed by atoms with Gasteiger partial charge in [0.15, 0.2) is 25.6 Å². The number of sulfone groups is 2. The quantitative estimate of drug-likeness (QED) is 0.683. The zero-order valence-corrected chi connectivity index (χ0v) is 17.1. The summed E-state index contributed by atoms with van der Waals surface area (Å²) < 4.78 is 53.3. The van der Waals surface area contributed by atoms with Crippen molar-refractivity contribution in [3.8, 4) is 11.6 Å². The van der Waals surface area contributed by atoms with Gasteiger partial charge in [0.25, 0.3) is 0 Å². The Labute approximate surface area is 157 Å². The number of carbonyl (C=O) groups excluding carboxylic acids is 1. The molecule has 0 saturated carbocycles. The lowest BCUT2D eigenvalue weighted by Gasteiger charge is -2.15. The van der Waals surface area contributed by atoms with Crippen LogP contribution in [-0.2, 0) is 26.7 Å². The van der Waals surface area contributed by atoms with E-state index in [1.165, 1.54) is 26.1 Å². The number of aromatic nitrogens is 2. The highest BCUT2D eigenvalue weighted by Gasteiger charge is 2.27. The highest BCUT2D eigenvalue weighted by atomic mass is 32.2. The van der Waals surface area contributed by atoms with Crippen LogP contribution in [0.5, 0.6) is 11.6 Å². The average Bonchev–Trinajstić information content (AvgIpc) is 2.76. The number of hydrogen-bond donors (Lipinski definition) is 1. The van der Waals surface area contributed by atoms with Crippen LogP contribution in [0.2, 0.25) is 0 Å². The number of nitrogens with zero attached hydrogens (tertiary/aromatic N) is 2. The first-order chi connectivity index (χ1) is 12.2. The molecule has 2 aromatic rings. The summed E-state index contributed by atoms with van der Waals surface area (Å²) in [6, 6.07) is 2.48. The van der Waals surface area contributed by atoms with Crippen molar-refractivity contribution in [1.82, 2.24) is 9.78 Å². The molecule has 148 valence electrons. The van der Waals surface area contributed by atoms with Gasteiger partial charge in [-0.25, -0.2) is 21.5 Å². The molecule has 0 amide bonds. The van der Waals surface area contributed by atoms with E-state index >= 15 is 0 Å². The van der Waals surface area contributed by atoms with Gasteiger partial charge < -0.3 is 9.84 Å². The third-order valence-corrected chi connectivity index (χ3v) is 5.52. The Morgan fingerprint density at radius 3 is 2.22 bits per heavy atom. The summed E-state index contributed by atoms with van der Waals surface area (Å²) in [7, 11) is -5.82. The maximum Gasteiger partial charge on any atom is 0.220 e. The molecule has 0 fully saturated rings. The Morgan fingerprint density at radius 1 is 1.19 bits per heavy atom. The maximum atomic E-state index is 12.9. The Bertz CT molecular complexity index is 1130. The lowest BCUT2D eigenvalue weighted by Crippen LogP contribution is -2.15. The lowest BCUT2D eigenvalue weighted by molar-refractivity contribution is 0.103. The Kier molecular flexibility index (Phi) is 5.39. The number of carbonyl (C=O) groups is 1. The minimum absolute atomic E-state index is 0.0261. The first-order valence-corrected chi connectivity index (χ1v) is 11.6. The molecule has 0 aliphatic carbocycles. The first kappa shape index (κ1) is 20.9. The molecule has 0 bridgehead atoms. The fourth-order valence-electron chi connectivity index (χ4n) is 2.60. The zero-order chi connectivity index (χ0) is 20.7. The molecule has 1 aromatic heterocycles. The number of ketones is 1. The summed E-state index contributed by atoms with van der Waals surface area (Å²) >= 11 is 0. The second kappa shape index (κ2) is 6.97. The Balaban J connectivity index is 2.67. The zero-order valence-electron chi connectivity index (χ0n) is 15.5. The van der Waals surface area contributed by atoms with E-state index in [9.17, 15) is 26.7 Å². The van der Waals surface area contributed by atoms with E-state index in [4.69, 9.17) is 4.74 Å². The predicted molar refractivity (Wildman–Crippen MR) is 97.7 cm³/mol. The summed E-state index contributed by atoms with van der Waals surface area (Å²) in [6.07, 6.45) is 1.89. The van der Waals surface area contributed by atoms with Crippen molar-refractivity contribution in [3.63, 3.8) is 0 Å². The Hall–Kier alpha value is -2.40. The largest absolute Gasteiger partial charge is 0.493 e. The van der Waals surface area contributed by atoms with Crippen LogP contribution in [0.15, 0.2) is 17.0 Å². The molecule has 0 spiro atoms. The minimum atomic E-state index is -3.74. The number of aryl methyl sites for hydroxylation is 2. The summed E-state index contributed by atoms with van der Waals surface area (Å²) in [4.78, 5) is 12.7. The third kappa shape index (κ3) is 4.30. The minimum Gasteiger partial charge on any atom is -0.493 e.